The molecule has 0 aliphatic carbocycles. The number of nitrogens with one attached hydrogen (secondary N) is 1. The SMILES string of the molecule is CC(C)C(OC(N)=O)c1n[nH]c(=O)o1. The fraction of sp³-hybridized carbons (Fsp3) is 0.571. The Morgan fingerprint density at radius 2 is 2.29 bits per heavy atom. The number of carbonyl (C=O) groups excluding carboxylic acids is 1. The van der Waals surface area contributed by atoms with E-state index in [0.29, 0.717) is 0 Å². The summed E-state index contributed by atoms with van der Waals surface area (Å²) in [6, 6.07) is 0. The van der Waals surface area contributed by atoms with Crippen LogP contribution in [0.15, 0.2) is 9.21 Å². The van der Waals surface area contributed by atoms with Gasteiger partial charge in [0.1, 0.15) is 0 Å². The van der Waals surface area contributed by atoms with Crippen LogP contribution in [0.5, 0.6) is 0 Å². The first-order valence-electron chi connectivity index (χ1n) is 4.02. The first-order chi connectivity index (χ1) is 6.50. The monoisotopic (exact) mass is 201 g/mol. The molecule has 7 heteroatoms. The second-order valence-electron chi connectivity index (χ2n) is 3.05. The average Bonchev–Trinajstić information content (AvgIpc) is 2.46. The number of rotatable bonds is 3. The van der Waals surface area contributed by atoms with Crippen molar-refractivity contribution in [2.45, 2.75) is 20.0 Å². The lowest BCUT2D eigenvalue weighted by atomic mass is 10.1. The van der Waals surface area contributed by atoms with Crippen LogP contribution in [0.25, 0.3) is 0 Å². The van der Waals surface area contributed by atoms with Crippen molar-refractivity contribution in [3.8, 4) is 0 Å². The van der Waals surface area contributed by atoms with Crippen molar-refractivity contribution in [3.63, 3.8) is 0 Å². The van der Waals surface area contributed by atoms with E-state index in [1.54, 1.807) is 13.8 Å². The van der Waals surface area contributed by atoms with E-state index >= 15 is 0 Å². The Morgan fingerprint density at radius 1 is 1.64 bits per heavy atom. The summed E-state index contributed by atoms with van der Waals surface area (Å²) in [5.74, 6) is -0.767. The van der Waals surface area contributed by atoms with Gasteiger partial charge in [-0.05, 0) is 5.92 Å². The standard InChI is InChI=1S/C7H11N3O4/c1-3(2)4(13-6(8)11)5-9-10-7(12)14-5/h3-4H,1-2H3,(H2,8,11)(H,10,12). The molecule has 78 valence electrons. The molecule has 1 heterocycles. The van der Waals surface area contributed by atoms with Gasteiger partial charge in [0.25, 0.3) is 5.89 Å². The number of nitrogens with zero attached hydrogens (tertiary/aromatic N) is 1. The summed E-state index contributed by atoms with van der Waals surface area (Å²) in [6.07, 6.45) is -1.68. The Balaban J connectivity index is 2.88. The van der Waals surface area contributed by atoms with Crippen LogP contribution in [0.2, 0.25) is 0 Å². The summed E-state index contributed by atoms with van der Waals surface area (Å²) >= 11 is 0. The van der Waals surface area contributed by atoms with Gasteiger partial charge >= 0.3 is 11.8 Å². The van der Waals surface area contributed by atoms with E-state index in [9.17, 15) is 9.59 Å². The minimum atomic E-state index is -0.936. The van der Waals surface area contributed by atoms with E-state index in [4.69, 9.17) is 10.5 Å². The van der Waals surface area contributed by atoms with Crippen molar-refractivity contribution in [1.82, 2.24) is 10.2 Å². The molecule has 0 saturated heterocycles. The van der Waals surface area contributed by atoms with Gasteiger partial charge in [0.2, 0.25) is 0 Å². The normalized spacial score (nSPS) is 12.8. The molecule has 0 aliphatic heterocycles. The van der Waals surface area contributed by atoms with E-state index in [2.05, 4.69) is 14.6 Å². The number of hydrogen-bond acceptors (Lipinski definition) is 5. The van der Waals surface area contributed by atoms with Crippen LogP contribution in [-0.2, 0) is 4.74 Å². The zero-order valence-electron chi connectivity index (χ0n) is 7.81. The highest BCUT2D eigenvalue weighted by Crippen LogP contribution is 2.22. The van der Waals surface area contributed by atoms with Gasteiger partial charge in [-0.25, -0.2) is 14.7 Å². The summed E-state index contributed by atoms with van der Waals surface area (Å²) in [5, 5.41) is 5.63. The van der Waals surface area contributed by atoms with Crippen LogP contribution in [0.4, 0.5) is 4.79 Å². The number of nitrogens with two attached hydrogens (primary N) is 1. The highest BCUT2D eigenvalue weighted by Gasteiger charge is 2.24. The highest BCUT2D eigenvalue weighted by atomic mass is 16.6. The Morgan fingerprint density at radius 3 is 2.64 bits per heavy atom. The second kappa shape index (κ2) is 3.95. The molecular weight excluding hydrogens is 190 g/mol. The van der Waals surface area contributed by atoms with Gasteiger partial charge in [-0.15, -0.1) is 5.10 Å². The minimum absolute atomic E-state index is 0.0174. The molecule has 0 bridgehead atoms. The predicted octanol–water partition coefficient (Wildman–Crippen LogP) is 0.155. The highest BCUT2D eigenvalue weighted by molar-refractivity contribution is 5.64. The quantitative estimate of drug-likeness (QED) is 0.723. The molecule has 0 saturated carbocycles. The van der Waals surface area contributed by atoms with E-state index in [1.807, 2.05) is 0 Å². The molecule has 0 radical (unpaired) electrons. The van der Waals surface area contributed by atoms with Crippen LogP contribution in [-0.4, -0.2) is 16.3 Å². The van der Waals surface area contributed by atoms with Gasteiger partial charge < -0.3 is 14.9 Å². The summed E-state index contributed by atoms with van der Waals surface area (Å²) in [7, 11) is 0. The number of aromatic amines is 1. The lowest BCUT2D eigenvalue weighted by molar-refractivity contribution is 0.0591. The Bertz CT molecular complexity index is 367. The molecular formula is C7H11N3O4. The first kappa shape index (κ1) is 10.3. The van der Waals surface area contributed by atoms with Crippen molar-refractivity contribution in [2.24, 2.45) is 11.7 Å². The van der Waals surface area contributed by atoms with Gasteiger partial charge in [-0.2, -0.15) is 0 Å². The maximum Gasteiger partial charge on any atom is 0.434 e. The molecule has 1 aromatic rings. The van der Waals surface area contributed by atoms with Crippen LogP contribution in [0.3, 0.4) is 0 Å². The van der Waals surface area contributed by atoms with Crippen LogP contribution in [0.1, 0.15) is 25.8 Å². The van der Waals surface area contributed by atoms with Crippen molar-refractivity contribution in [2.75, 3.05) is 0 Å². The number of aromatic nitrogens is 2. The third-order valence-electron chi connectivity index (χ3n) is 1.55. The fourth-order valence-electron chi connectivity index (χ4n) is 0.960. The topological polar surface area (TPSA) is 111 Å². The number of ether oxygens (including phenoxy) is 1. The number of hydrogen-bond donors (Lipinski definition) is 2. The lowest BCUT2D eigenvalue weighted by Gasteiger charge is -2.15. The summed E-state index contributed by atoms with van der Waals surface area (Å²) < 4.78 is 9.39. The molecule has 14 heavy (non-hydrogen) atoms. The molecule has 1 atom stereocenters. The predicted molar refractivity (Wildman–Crippen MR) is 45.4 cm³/mol. The summed E-state index contributed by atoms with van der Waals surface area (Å²) in [5.41, 5.74) is 4.86. The van der Waals surface area contributed by atoms with Gasteiger partial charge in [-0.3, -0.25) is 0 Å². The fourth-order valence-corrected chi connectivity index (χ4v) is 0.960. The number of carbonyl (C=O) groups is 1. The smallest absolute Gasteiger partial charge is 0.434 e. The zero-order valence-corrected chi connectivity index (χ0v) is 7.81. The number of H-pyrrole nitrogens is 1. The summed E-state index contributed by atoms with van der Waals surface area (Å²) in [6.45, 7) is 3.56. The molecule has 1 aromatic heterocycles. The Labute approximate surface area is 79.2 Å². The van der Waals surface area contributed by atoms with E-state index in [1.165, 1.54) is 0 Å². The van der Waals surface area contributed by atoms with Crippen LogP contribution >= 0.6 is 0 Å². The minimum Gasteiger partial charge on any atom is -0.436 e. The van der Waals surface area contributed by atoms with Crippen molar-refractivity contribution >= 4 is 6.09 Å². The van der Waals surface area contributed by atoms with Gasteiger partial charge in [0.15, 0.2) is 6.10 Å². The molecule has 0 aliphatic rings. The molecule has 1 unspecified atom stereocenters. The van der Waals surface area contributed by atoms with Gasteiger partial charge in [0, 0.05) is 0 Å². The molecule has 7 nitrogen and oxygen atoms in total. The van der Waals surface area contributed by atoms with E-state index in [-0.39, 0.29) is 11.8 Å². The lowest BCUT2D eigenvalue weighted by Crippen LogP contribution is -2.21. The van der Waals surface area contributed by atoms with E-state index < -0.39 is 18.0 Å². The molecule has 0 aromatic carbocycles. The Hall–Kier alpha value is -1.79. The number of amides is 1. The van der Waals surface area contributed by atoms with Gasteiger partial charge in [0.05, 0.1) is 0 Å². The largest absolute Gasteiger partial charge is 0.436 e. The van der Waals surface area contributed by atoms with Crippen LogP contribution in [0, 0.1) is 5.92 Å². The molecule has 3 N–H and O–H groups in total. The molecule has 0 fully saturated rings. The van der Waals surface area contributed by atoms with Crippen LogP contribution < -0.4 is 11.5 Å². The zero-order chi connectivity index (χ0) is 10.7. The van der Waals surface area contributed by atoms with Crippen molar-refractivity contribution in [1.29, 1.82) is 0 Å². The number of primary amides is 1. The van der Waals surface area contributed by atoms with Gasteiger partial charge in [-0.1, -0.05) is 13.8 Å². The first-order valence-corrected chi connectivity index (χ1v) is 4.02. The van der Waals surface area contributed by atoms with E-state index in [0.717, 1.165) is 0 Å². The third kappa shape index (κ3) is 2.35. The summed E-state index contributed by atoms with van der Waals surface area (Å²) in [4.78, 5) is 21.2. The maximum atomic E-state index is 10.6. The third-order valence-corrected chi connectivity index (χ3v) is 1.55. The Kier molecular flexibility index (Phi) is 2.90. The molecule has 0 spiro atoms. The van der Waals surface area contributed by atoms with Crippen molar-refractivity contribution < 1.29 is 13.9 Å². The molecule has 1 amide bonds. The second-order valence-corrected chi connectivity index (χ2v) is 3.05. The van der Waals surface area contributed by atoms with Crippen molar-refractivity contribution in [3.05, 3.63) is 16.4 Å². The molecule has 1 rings (SSSR count). The average molecular weight is 201 g/mol. The maximum absolute atomic E-state index is 10.6.